The third-order valence-electron chi connectivity index (χ3n) is 2.57. The van der Waals surface area contributed by atoms with E-state index in [-0.39, 0.29) is 18.8 Å². The van der Waals surface area contributed by atoms with Crippen LogP contribution < -0.4 is 0 Å². The van der Waals surface area contributed by atoms with E-state index >= 15 is 0 Å². The van der Waals surface area contributed by atoms with Crippen LogP contribution in [-0.2, 0) is 31.9 Å². The summed E-state index contributed by atoms with van der Waals surface area (Å²) in [5.41, 5.74) is 1.65. The number of carbonyl (C=O) groups excluding carboxylic acids is 2. The molecular formula is C12H14N2O4. The quantitative estimate of drug-likeness (QED) is 0.614. The summed E-state index contributed by atoms with van der Waals surface area (Å²) < 4.78 is 9.11. The van der Waals surface area contributed by atoms with Crippen LogP contribution in [0.4, 0.5) is 0 Å². The van der Waals surface area contributed by atoms with Gasteiger partial charge in [-0.2, -0.15) is 5.26 Å². The van der Waals surface area contributed by atoms with Crippen molar-refractivity contribution >= 4 is 11.9 Å². The molecule has 0 bridgehead atoms. The van der Waals surface area contributed by atoms with Gasteiger partial charge in [-0.25, -0.2) is 0 Å². The molecule has 96 valence electrons. The van der Waals surface area contributed by atoms with Crippen molar-refractivity contribution in [3.63, 3.8) is 0 Å². The van der Waals surface area contributed by atoms with Gasteiger partial charge in [0.05, 0.1) is 20.6 Å². The number of hydrogen-bond acceptors (Lipinski definition) is 5. The maximum absolute atomic E-state index is 11.3. The van der Waals surface area contributed by atoms with Crippen LogP contribution in [0.2, 0.25) is 0 Å². The molecule has 1 aromatic rings. The highest BCUT2D eigenvalue weighted by atomic mass is 16.5. The Morgan fingerprint density at radius 2 is 2.00 bits per heavy atom. The summed E-state index contributed by atoms with van der Waals surface area (Å²) in [5, 5.41) is 8.92. The summed E-state index contributed by atoms with van der Waals surface area (Å²) in [4.78, 5) is 25.1. The molecule has 6 heteroatoms. The fourth-order valence-electron chi connectivity index (χ4n) is 1.57. The second-order valence-electron chi connectivity index (χ2n) is 3.61. The Balaban J connectivity index is 2.85. The number of nitrogens with zero attached hydrogens (tertiary/aromatic N) is 1. The number of nitrogens with one attached hydrogen (secondary N) is 1. The van der Waals surface area contributed by atoms with Crippen molar-refractivity contribution in [2.75, 3.05) is 14.2 Å². The van der Waals surface area contributed by atoms with Crippen LogP contribution in [0.5, 0.6) is 0 Å². The zero-order valence-electron chi connectivity index (χ0n) is 10.3. The number of rotatable bonds is 5. The van der Waals surface area contributed by atoms with E-state index in [2.05, 4.69) is 14.5 Å². The van der Waals surface area contributed by atoms with Crippen molar-refractivity contribution in [3.05, 3.63) is 23.0 Å². The van der Waals surface area contributed by atoms with Gasteiger partial charge in [0.15, 0.2) is 0 Å². The number of aromatic amines is 1. The molecule has 1 rings (SSSR count). The Kier molecular flexibility index (Phi) is 4.93. The molecule has 0 saturated carbocycles. The van der Waals surface area contributed by atoms with Gasteiger partial charge >= 0.3 is 11.9 Å². The van der Waals surface area contributed by atoms with Gasteiger partial charge in [-0.15, -0.1) is 0 Å². The molecule has 0 fully saturated rings. The first-order chi connectivity index (χ1) is 8.62. The first kappa shape index (κ1) is 13.8. The van der Waals surface area contributed by atoms with Crippen LogP contribution in [0.1, 0.15) is 23.2 Å². The zero-order chi connectivity index (χ0) is 13.5. The number of aromatic nitrogens is 1. The van der Waals surface area contributed by atoms with Crippen LogP contribution >= 0.6 is 0 Å². The normalized spacial score (nSPS) is 9.61. The molecule has 18 heavy (non-hydrogen) atoms. The second kappa shape index (κ2) is 6.45. The van der Waals surface area contributed by atoms with E-state index in [1.807, 2.05) is 6.07 Å². The minimum atomic E-state index is -0.426. The van der Waals surface area contributed by atoms with Crippen molar-refractivity contribution < 1.29 is 19.1 Å². The third kappa shape index (κ3) is 3.35. The molecule has 0 aliphatic heterocycles. The van der Waals surface area contributed by atoms with E-state index in [9.17, 15) is 9.59 Å². The van der Waals surface area contributed by atoms with Gasteiger partial charge in [-0.3, -0.25) is 9.59 Å². The van der Waals surface area contributed by atoms with Gasteiger partial charge < -0.3 is 14.5 Å². The minimum Gasteiger partial charge on any atom is -0.469 e. The first-order valence-electron chi connectivity index (χ1n) is 5.35. The zero-order valence-corrected chi connectivity index (χ0v) is 10.3. The number of aryl methyl sites for hydroxylation is 1. The fraction of sp³-hybridized carbons (Fsp3) is 0.417. The molecular weight excluding hydrogens is 237 g/mol. The van der Waals surface area contributed by atoms with Gasteiger partial charge in [-0.1, -0.05) is 0 Å². The monoisotopic (exact) mass is 251 g/mol. The molecule has 0 spiro atoms. The van der Waals surface area contributed by atoms with Crippen molar-refractivity contribution in [2.45, 2.75) is 19.3 Å². The van der Waals surface area contributed by atoms with Gasteiger partial charge in [0.2, 0.25) is 0 Å². The predicted molar refractivity (Wildman–Crippen MR) is 61.6 cm³/mol. The van der Waals surface area contributed by atoms with Crippen molar-refractivity contribution in [1.82, 2.24) is 4.98 Å². The topological polar surface area (TPSA) is 92.2 Å². The lowest BCUT2D eigenvalue weighted by molar-refractivity contribution is -0.140. The molecule has 0 atom stereocenters. The summed E-state index contributed by atoms with van der Waals surface area (Å²) in [6.45, 7) is 0. The Morgan fingerprint density at radius 3 is 2.56 bits per heavy atom. The van der Waals surface area contributed by atoms with Crippen molar-refractivity contribution in [3.8, 4) is 6.07 Å². The first-order valence-corrected chi connectivity index (χ1v) is 5.35. The molecule has 0 aromatic carbocycles. The molecule has 0 amide bonds. The smallest absolute Gasteiger partial charge is 0.310 e. The molecule has 1 heterocycles. The number of ether oxygens (including phenoxy) is 2. The van der Waals surface area contributed by atoms with Crippen LogP contribution in [0.3, 0.4) is 0 Å². The summed E-state index contributed by atoms with van der Waals surface area (Å²) in [7, 11) is 2.60. The van der Waals surface area contributed by atoms with Gasteiger partial charge in [0.1, 0.15) is 11.8 Å². The van der Waals surface area contributed by atoms with E-state index in [4.69, 9.17) is 5.26 Å². The SMILES string of the molecule is COC(=O)CCc1c[nH]c([13C]#N)c1CC(=O)OC. The van der Waals surface area contributed by atoms with Gasteiger partial charge in [0.25, 0.3) is 0 Å². The van der Waals surface area contributed by atoms with E-state index in [0.29, 0.717) is 17.7 Å². The Morgan fingerprint density at radius 1 is 1.33 bits per heavy atom. The third-order valence-corrected chi connectivity index (χ3v) is 2.57. The van der Waals surface area contributed by atoms with Crippen molar-refractivity contribution in [1.29, 1.82) is 5.26 Å². The fourth-order valence-corrected chi connectivity index (χ4v) is 1.57. The molecule has 1 N–H and O–H groups in total. The molecule has 0 saturated heterocycles. The van der Waals surface area contributed by atoms with Crippen LogP contribution in [-0.4, -0.2) is 31.1 Å². The maximum Gasteiger partial charge on any atom is 0.310 e. The van der Waals surface area contributed by atoms with Crippen LogP contribution in [0, 0.1) is 11.3 Å². The van der Waals surface area contributed by atoms with Crippen LogP contribution in [0.15, 0.2) is 6.20 Å². The summed E-state index contributed by atoms with van der Waals surface area (Å²) in [6.07, 6.45) is 2.25. The molecule has 0 radical (unpaired) electrons. The lowest BCUT2D eigenvalue weighted by Gasteiger charge is -2.03. The Hall–Kier alpha value is -2.29. The lowest BCUT2D eigenvalue weighted by atomic mass is 10.0. The summed E-state index contributed by atoms with van der Waals surface area (Å²) in [5.74, 6) is -0.760. The number of hydrogen-bond donors (Lipinski definition) is 1. The highest BCUT2D eigenvalue weighted by molar-refractivity contribution is 5.74. The highest BCUT2D eigenvalue weighted by Gasteiger charge is 2.16. The van der Waals surface area contributed by atoms with E-state index < -0.39 is 5.97 Å². The molecule has 0 aliphatic carbocycles. The minimum absolute atomic E-state index is 0.0133. The van der Waals surface area contributed by atoms with Gasteiger partial charge in [-0.05, 0) is 12.0 Å². The predicted octanol–water partition coefficient (Wildman–Crippen LogP) is 0.707. The maximum atomic E-state index is 11.3. The van der Waals surface area contributed by atoms with E-state index in [1.54, 1.807) is 6.20 Å². The van der Waals surface area contributed by atoms with Crippen molar-refractivity contribution in [2.24, 2.45) is 0 Å². The molecule has 0 unspecified atom stereocenters. The van der Waals surface area contributed by atoms with Crippen LogP contribution in [0.25, 0.3) is 0 Å². The summed E-state index contributed by atoms with van der Waals surface area (Å²) >= 11 is 0. The number of nitriles is 1. The molecule has 6 nitrogen and oxygen atoms in total. The Bertz CT molecular complexity index is 485. The number of esters is 2. The standard InChI is InChI=1S/C12H14N2O4/c1-17-11(15)4-3-8-7-14-10(6-13)9(8)5-12(16)18-2/h7,14H,3-5H2,1-2H3/i6+1. The largest absolute Gasteiger partial charge is 0.469 e. The van der Waals surface area contributed by atoms with Gasteiger partial charge in [0, 0.05) is 18.2 Å². The average Bonchev–Trinajstić information content (AvgIpc) is 2.77. The second-order valence-corrected chi connectivity index (χ2v) is 3.61. The number of methoxy groups -OCH3 is 2. The van der Waals surface area contributed by atoms with E-state index in [1.165, 1.54) is 14.2 Å². The number of H-pyrrole nitrogens is 1. The Labute approximate surface area is 105 Å². The van der Waals surface area contributed by atoms with E-state index in [0.717, 1.165) is 5.56 Å². The number of carbonyl (C=O) groups is 2. The summed E-state index contributed by atoms with van der Waals surface area (Å²) in [6, 6.07) is 1.97. The molecule has 1 aromatic heterocycles. The molecule has 0 aliphatic rings. The highest BCUT2D eigenvalue weighted by Crippen LogP contribution is 2.17. The average molecular weight is 251 g/mol. The lowest BCUT2D eigenvalue weighted by Crippen LogP contribution is -2.08.